The monoisotopic (exact) mass is 649 g/mol. The number of likely N-dealkylation sites (N-methyl/N-ethyl adjacent to an activating group) is 1. The molecule has 0 saturated carbocycles. The zero-order valence-corrected chi connectivity index (χ0v) is 27.9. The van der Waals surface area contributed by atoms with Crippen LogP contribution in [0.3, 0.4) is 0 Å². The van der Waals surface area contributed by atoms with E-state index in [1.165, 1.54) is 11.3 Å². The van der Waals surface area contributed by atoms with Gasteiger partial charge in [-0.25, -0.2) is 14.8 Å². The smallest absolute Gasteiger partial charge is 0.345 e. The van der Waals surface area contributed by atoms with Crippen molar-refractivity contribution in [1.82, 2.24) is 24.3 Å². The van der Waals surface area contributed by atoms with Gasteiger partial charge in [0.25, 0.3) is 0 Å². The number of carbonyl (C=O) groups excluding carboxylic acids is 1. The Morgan fingerprint density at radius 2 is 1.72 bits per heavy atom. The summed E-state index contributed by atoms with van der Waals surface area (Å²) < 4.78 is 2.89. The van der Waals surface area contributed by atoms with E-state index in [2.05, 4.69) is 35.1 Å². The van der Waals surface area contributed by atoms with Crippen molar-refractivity contribution in [3.63, 3.8) is 0 Å². The summed E-state index contributed by atoms with van der Waals surface area (Å²) in [5, 5.41) is 12.0. The molecule has 4 aromatic heterocycles. The van der Waals surface area contributed by atoms with Gasteiger partial charge in [-0.3, -0.25) is 4.79 Å². The lowest BCUT2D eigenvalue weighted by Crippen LogP contribution is -2.45. The summed E-state index contributed by atoms with van der Waals surface area (Å²) in [6.45, 7) is 6.05. The Hall–Kier alpha value is -4.38. The number of nitrogens with zero attached hydrogens (tertiary/aromatic N) is 5. The Bertz CT molecular complexity index is 2100. The fraction of sp³-hybridized carbons (Fsp3) is 0.278. The highest BCUT2D eigenvalue weighted by Gasteiger charge is 2.29. The van der Waals surface area contributed by atoms with E-state index in [0.717, 1.165) is 90.7 Å². The highest BCUT2D eigenvalue weighted by molar-refractivity contribution is 7.21. The summed E-state index contributed by atoms with van der Waals surface area (Å²) in [7, 11) is 4.02. The SMILES string of the molecule is Cc1nc(C)c(-c2ccc3cc(-c4c(-c5ccccc5)c5sc(C(=O)O)cc5n4CC(=O)N(C)C4CCN(C)CC4)ccc3n2)s1. The molecular weight excluding hydrogens is 615 g/mol. The molecule has 5 heterocycles. The molecule has 234 valence electrons. The Morgan fingerprint density at radius 1 is 0.957 bits per heavy atom. The summed E-state index contributed by atoms with van der Waals surface area (Å²) in [4.78, 5) is 41.2. The zero-order chi connectivity index (χ0) is 32.1. The average molecular weight is 650 g/mol. The molecule has 6 aromatic rings. The third-order valence-corrected chi connectivity index (χ3v) is 11.3. The van der Waals surface area contributed by atoms with Crippen molar-refractivity contribution in [2.24, 2.45) is 0 Å². The van der Waals surface area contributed by atoms with Gasteiger partial charge in [0.05, 0.1) is 42.7 Å². The Labute approximate surface area is 275 Å². The molecule has 1 saturated heterocycles. The highest BCUT2D eigenvalue weighted by Crippen LogP contribution is 2.45. The molecule has 1 amide bonds. The van der Waals surface area contributed by atoms with Gasteiger partial charge in [0, 0.05) is 24.0 Å². The van der Waals surface area contributed by atoms with Crippen LogP contribution in [0.15, 0.2) is 66.7 Å². The number of aromatic nitrogens is 3. The van der Waals surface area contributed by atoms with E-state index < -0.39 is 5.97 Å². The van der Waals surface area contributed by atoms with E-state index in [1.54, 1.807) is 17.4 Å². The van der Waals surface area contributed by atoms with Crippen LogP contribution in [0.4, 0.5) is 0 Å². The van der Waals surface area contributed by atoms with Crippen LogP contribution in [0.2, 0.25) is 0 Å². The molecule has 1 aliphatic rings. The lowest BCUT2D eigenvalue weighted by molar-refractivity contribution is -0.133. The quantitative estimate of drug-likeness (QED) is 0.192. The van der Waals surface area contributed by atoms with Gasteiger partial charge in [-0.1, -0.05) is 42.5 Å². The third kappa shape index (κ3) is 5.50. The number of aromatic carboxylic acids is 1. The molecule has 0 atom stereocenters. The number of likely N-dealkylation sites (tertiary alicyclic amines) is 1. The van der Waals surface area contributed by atoms with Crippen LogP contribution in [-0.4, -0.2) is 74.5 Å². The zero-order valence-electron chi connectivity index (χ0n) is 26.3. The predicted molar refractivity (Wildman–Crippen MR) is 187 cm³/mol. The second kappa shape index (κ2) is 12.1. The number of hydrogen-bond acceptors (Lipinski definition) is 7. The number of thiophene rings is 1. The van der Waals surface area contributed by atoms with Crippen molar-refractivity contribution in [3.05, 3.63) is 82.3 Å². The van der Waals surface area contributed by atoms with Gasteiger partial charge < -0.3 is 19.5 Å². The molecule has 0 aliphatic carbocycles. The highest BCUT2D eigenvalue weighted by atomic mass is 32.1. The second-order valence-corrected chi connectivity index (χ2v) is 14.4. The van der Waals surface area contributed by atoms with Crippen LogP contribution in [0.5, 0.6) is 0 Å². The number of carboxylic acids is 1. The van der Waals surface area contributed by atoms with Gasteiger partial charge in [-0.05, 0) is 82.2 Å². The number of fused-ring (bicyclic) bond motifs is 2. The number of carbonyl (C=O) groups is 2. The number of thiazole rings is 1. The van der Waals surface area contributed by atoms with Gasteiger partial charge in [0.1, 0.15) is 11.4 Å². The van der Waals surface area contributed by atoms with Gasteiger partial charge in [0.2, 0.25) is 5.91 Å². The molecule has 0 radical (unpaired) electrons. The van der Waals surface area contributed by atoms with E-state index in [9.17, 15) is 14.7 Å². The maximum atomic E-state index is 14.0. The first-order valence-corrected chi connectivity index (χ1v) is 17.1. The normalized spacial score (nSPS) is 14.3. The number of carboxylic acid groups (broad SMARTS) is 1. The average Bonchev–Trinajstić information content (AvgIpc) is 3.73. The Balaban J connectivity index is 1.38. The van der Waals surface area contributed by atoms with E-state index in [1.807, 2.05) is 72.8 Å². The van der Waals surface area contributed by atoms with E-state index in [0.29, 0.717) is 0 Å². The second-order valence-electron chi connectivity index (χ2n) is 12.1. The van der Waals surface area contributed by atoms with Crippen LogP contribution < -0.4 is 0 Å². The largest absolute Gasteiger partial charge is 0.477 e. The first-order valence-electron chi connectivity index (χ1n) is 15.4. The number of pyridine rings is 1. The maximum absolute atomic E-state index is 14.0. The van der Waals surface area contributed by atoms with Crippen molar-refractivity contribution >= 4 is 55.7 Å². The lowest BCUT2D eigenvalue weighted by Gasteiger charge is -2.35. The lowest BCUT2D eigenvalue weighted by atomic mass is 9.99. The van der Waals surface area contributed by atoms with Gasteiger partial charge in [-0.15, -0.1) is 22.7 Å². The first-order chi connectivity index (χ1) is 22.2. The molecule has 0 bridgehead atoms. The van der Waals surface area contributed by atoms with Crippen molar-refractivity contribution in [1.29, 1.82) is 0 Å². The fourth-order valence-electron chi connectivity index (χ4n) is 6.57. The predicted octanol–water partition coefficient (Wildman–Crippen LogP) is 7.58. The number of aryl methyl sites for hydroxylation is 2. The standard InChI is InChI=1S/C36H35N5O3S2/c1-21-34(45-22(2)37-21)28-13-10-24-18-25(11-12-27(24)38-28)33-32(23-8-6-5-7-9-23)35-29(19-30(46-35)36(43)44)41(33)20-31(42)40(4)26-14-16-39(3)17-15-26/h5-13,18-19,26H,14-17,20H2,1-4H3,(H,43,44). The Morgan fingerprint density at radius 3 is 2.41 bits per heavy atom. The van der Waals surface area contributed by atoms with Gasteiger partial charge >= 0.3 is 5.97 Å². The minimum absolute atomic E-state index is 0.0118. The van der Waals surface area contributed by atoms with Gasteiger partial charge in [0.15, 0.2) is 0 Å². The number of piperidine rings is 1. The molecule has 46 heavy (non-hydrogen) atoms. The summed E-state index contributed by atoms with van der Waals surface area (Å²) in [5.41, 5.74) is 7.26. The number of benzene rings is 2. The maximum Gasteiger partial charge on any atom is 0.345 e. The van der Waals surface area contributed by atoms with E-state index in [-0.39, 0.29) is 23.4 Å². The van der Waals surface area contributed by atoms with Crippen molar-refractivity contribution in [2.75, 3.05) is 27.2 Å². The summed E-state index contributed by atoms with van der Waals surface area (Å²) in [6.07, 6.45) is 1.87. The molecule has 0 unspecified atom stereocenters. The van der Waals surface area contributed by atoms with Gasteiger partial charge in [-0.2, -0.15) is 0 Å². The number of amides is 1. The molecular formula is C36H35N5O3S2. The molecule has 8 nitrogen and oxygen atoms in total. The molecule has 10 heteroatoms. The van der Waals surface area contributed by atoms with Crippen molar-refractivity contribution in [3.8, 4) is 33.0 Å². The molecule has 0 spiro atoms. The first kappa shape index (κ1) is 30.3. The van der Waals surface area contributed by atoms with E-state index in [4.69, 9.17) is 4.98 Å². The van der Waals surface area contributed by atoms with Crippen LogP contribution in [0, 0.1) is 13.8 Å². The van der Waals surface area contributed by atoms with Crippen LogP contribution in [-0.2, 0) is 11.3 Å². The summed E-state index contributed by atoms with van der Waals surface area (Å²) in [6, 6.07) is 22.3. The Kier molecular flexibility index (Phi) is 7.96. The molecule has 2 aromatic carbocycles. The van der Waals surface area contributed by atoms with Crippen molar-refractivity contribution < 1.29 is 14.7 Å². The van der Waals surface area contributed by atoms with Crippen LogP contribution in [0.1, 0.15) is 33.2 Å². The summed E-state index contributed by atoms with van der Waals surface area (Å²) >= 11 is 2.91. The number of rotatable bonds is 7. The van der Waals surface area contributed by atoms with E-state index >= 15 is 0 Å². The minimum atomic E-state index is -0.970. The topological polar surface area (TPSA) is 91.6 Å². The fourth-order valence-corrected chi connectivity index (χ4v) is 8.53. The minimum Gasteiger partial charge on any atom is -0.477 e. The molecule has 1 aliphatic heterocycles. The molecule has 1 fully saturated rings. The van der Waals surface area contributed by atoms with Crippen molar-refractivity contribution in [2.45, 2.75) is 39.3 Å². The molecule has 1 N–H and O–H groups in total. The number of hydrogen-bond donors (Lipinski definition) is 1. The van der Waals surface area contributed by atoms with Crippen LogP contribution >= 0.6 is 22.7 Å². The third-order valence-electron chi connectivity index (χ3n) is 9.03. The molecule has 7 rings (SSSR count). The summed E-state index contributed by atoms with van der Waals surface area (Å²) in [5.74, 6) is -0.959. The van der Waals surface area contributed by atoms with Crippen LogP contribution in [0.25, 0.3) is 54.1 Å².